The molecule has 0 aliphatic carbocycles. The Balaban J connectivity index is 1.74. The molecule has 114 valence electrons. The lowest BCUT2D eigenvalue weighted by Gasteiger charge is -2.33. The van der Waals surface area contributed by atoms with E-state index in [1.54, 1.807) is 17.9 Å². The SMILES string of the molecule is CC1Oc2ccc(N)cc2N(CCCc2ccccc2)C1=O. The van der Waals surface area contributed by atoms with E-state index in [1.807, 2.05) is 30.3 Å². The number of fused-ring (bicyclic) bond motifs is 1. The standard InChI is InChI=1S/C18H20N2O2/c1-13-18(21)20(11-5-8-14-6-3-2-4-7-14)16-12-15(19)9-10-17(16)22-13/h2-4,6-7,9-10,12-13H,5,8,11,19H2,1H3. The summed E-state index contributed by atoms with van der Waals surface area (Å²) in [6.45, 7) is 2.45. The van der Waals surface area contributed by atoms with E-state index in [-0.39, 0.29) is 5.91 Å². The second-order valence-electron chi connectivity index (χ2n) is 5.57. The number of aryl methyl sites for hydroxylation is 1. The molecule has 1 heterocycles. The number of rotatable bonds is 4. The molecule has 0 spiro atoms. The monoisotopic (exact) mass is 296 g/mol. The Labute approximate surface area is 130 Å². The molecule has 0 fully saturated rings. The van der Waals surface area contributed by atoms with Crippen molar-refractivity contribution in [3.05, 3.63) is 54.1 Å². The van der Waals surface area contributed by atoms with Crippen LogP contribution in [0.3, 0.4) is 0 Å². The Bertz CT molecular complexity index is 670. The second-order valence-corrected chi connectivity index (χ2v) is 5.57. The van der Waals surface area contributed by atoms with E-state index in [4.69, 9.17) is 10.5 Å². The van der Waals surface area contributed by atoms with E-state index in [9.17, 15) is 4.79 Å². The first-order chi connectivity index (χ1) is 10.6. The van der Waals surface area contributed by atoms with Gasteiger partial charge in [-0.15, -0.1) is 0 Å². The number of nitrogen functional groups attached to an aromatic ring is 1. The zero-order valence-corrected chi connectivity index (χ0v) is 12.7. The highest BCUT2D eigenvalue weighted by Gasteiger charge is 2.31. The van der Waals surface area contributed by atoms with E-state index < -0.39 is 6.10 Å². The summed E-state index contributed by atoms with van der Waals surface area (Å²) in [7, 11) is 0. The molecule has 4 heteroatoms. The summed E-state index contributed by atoms with van der Waals surface area (Å²) >= 11 is 0. The molecular formula is C18H20N2O2. The largest absolute Gasteiger partial charge is 0.479 e. The van der Waals surface area contributed by atoms with Crippen LogP contribution in [0, 0.1) is 0 Å². The minimum atomic E-state index is -0.451. The van der Waals surface area contributed by atoms with Gasteiger partial charge < -0.3 is 15.4 Å². The predicted octanol–water partition coefficient (Wildman–Crippen LogP) is 3.02. The smallest absolute Gasteiger partial charge is 0.267 e. The number of amides is 1. The lowest BCUT2D eigenvalue weighted by Crippen LogP contribution is -2.45. The van der Waals surface area contributed by atoms with Crippen LogP contribution in [0.5, 0.6) is 5.75 Å². The van der Waals surface area contributed by atoms with E-state index in [0.717, 1.165) is 24.3 Å². The molecule has 2 aromatic carbocycles. The van der Waals surface area contributed by atoms with Crippen molar-refractivity contribution in [3.8, 4) is 5.75 Å². The molecule has 0 aromatic heterocycles. The zero-order valence-electron chi connectivity index (χ0n) is 12.7. The van der Waals surface area contributed by atoms with Gasteiger partial charge in [-0.25, -0.2) is 0 Å². The van der Waals surface area contributed by atoms with E-state index >= 15 is 0 Å². The molecule has 1 aliphatic heterocycles. The minimum absolute atomic E-state index is 0.00818. The van der Waals surface area contributed by atoms with Gasteiger partial charge >= 0.3 is 0 Å². The summed E-state index contributed by atoms with van der Waals surface area (Å²) < 4.78 is 5.65. The Morgan fingerprint density at radius 3 is 2.73 bits per heavy atom. The maximum Gasteiger partial charge on any atom is 0.267 e. The molecule has 2 N–H and O–H groups in total. The molecule has 0 bridgehead atoms. The van der Waals surface area contributed by atoms with Gasteiger partial charge in [-0.1, -0.05) is 30.3 Å². The topological polar surface area (TPSA) is 55.6 Å². The maximum absolute atomic E-state index is 12.4. The van der Waals surface area contributed by atoms with Crippen molar-refractivity contribution in [1.82, 2.24) is 0 Å². The van der Waals surface area contributed by atoms with Crippen LogP contribution in [0.2, 0.25) is 0 Å². The van der Waals surface area contributed by atoms with Crippen molar-refractivity contribution in [2.24, 2.45) is 0 Å². The Morgan fingerprint density at radius 2 is 1.95 bits per heavy atom. The molecule has 1 aliphatic rings. The number of nitrogens with zero attached hydrogens (tertiary/aromatic N) is 1. The van der Waals surface area contributed by atoms with Gasteiger partial charge in [0.2, 0.25) is 0 Å². The molecule has 2 aromatic rings. The summed E-state index contributed by atoms with van der Waals surface area (Å²) in [6, 6.07) is 15.7. The number of carbonyl (C=O) groups excluding carboxylic acids is 1. The molecule has 0 radical (unpaired) electrons. The third-order valence-corrected chi connectivity index (χ3v) is 3.88. The number of nitrogens with two attached hydrogens (primary N) is 1. The Kier molecular flexibility index (Phi) is 4.00. The van der Waals surface area contributed by atoms with Gasteiger partial charge in [-0.05, 0) is 43.5 Å². The number of hydrogen-bond acceptors (Lipinski definition) is 3. The van der Waals surface area contributed by atoms with Crippen LogP contribution in [-0.2, 0) is 11.2 Å². The summed E-state index contributed by atoms with van der Waals surface area (Å²) in [4.78, 5) is 14.2. The molecule has 3 rings (SSSR count). The lowest BCUT2D eigenvalue weighted by molar-refractivity contribution is -0.125. The van der Waals surface area contributed by atoms with Gasteiger partial charge in [-0.2, -0.15) is 0 Å². The van der Waals surface area contributed by atoms with Crippen LogP contribution in [0.1, 0.15) is 18.9 Å². The van der Waals surface area contributed by atoms with Crippen molar-refractivity contribution < 1.29 is 9.53 Å². The highest BCUT2D eigenvalue weighted by atomic mass is 16.5. The number of anilines is 2. The quantitative estimate of drug-likeness (QED) is 0.882. The molecule has 1 atom stereocenters. The molecule has 1 amide bonds. The zero-order chi connectivity index (χ0) is 15.5. The predicted molar refractivity (Wildman–Crippen MR) is 88.1 cm³/mol. The molecule has 0 saturated carbocycles. The van der Waals surface area contributed by atoms with Crippen molar-refractivity contribution in [2.45, 2.75) is 25.9 Å². The van der Waals surface area contributed by atoms with Crippen LogP contribution in [0.4, 0.5) is 11.4 Å². The first-order valence-corrected chi connectivity index (χ1v) is 7.56. The van der Waals surface area contributed by atoms with Gasteiger partial charge in [0.15, 0.2) is 6.10 Å². The normalized spacial score (nSPS) is 17.0. The second kappa shape index (κ2) is 6.10. The van der Waals surface area contributed by atoms with Crippen LogP contribution < -0.4 is 15.4 Å². The molecular weight excluding hydrogens is 276 g/mol. The molecule has 1 unspecified atom stereocenters. The van der Waals surface area contributed by atoms with Crippen molar-refractivity contribution in [3.63, 3.8) is 0 Å². The lowest BCUT2D eigenvalue weighted by atomic mass is 10.1. The first kappa shape index (κ1) is 14.4. The van der Waals surface area contributed by atoms with E-state index in [0.29, 0.717) is 12.2 Å². The third-order valence-electron chi connectivity index (χ3n) is 3.88. The van der Waals surface area contributed by atoms with Crippen molar-refractivity contribution >= 4 is 17.3 Å². The van der Waals surface area contributed by atoms with Crippen LogP contribution in [0.25, 0.3) is 0 Å². The fourth-order valence-electron chi connectivity index (χ4n) is 2.74. The number of carbonyl (C=O) groups is 1. The highest BCUT2D eigenvalue weighted by molar-refractivity contribution is 6.00. The van der Waals surface area contributed by atoms with Gasteiger partial charge in [0, 0.05) is 12.2 Å². The van der Waals surface area contributed by atoms with Gasteiger partial charge in [0.05, 0.1) is 5.69 Å². The average molecular weight is 296 g/mol. The fourth-order valence-corrected chi connectivity index (χ4v) is 2.74. The minimum Gasteiger partial charge on any atom is -0.479 e. The van der Waals surface area contributed by atoms with Gasteiger partial charge in [0.25, 0.3) is 5.91 Å². The highest BCUT2D eigenvalue weighted by Crippen LogP contribution is 2.35. The van der Waals surface area contributed by atoms with E-state index in [2.05, 4.69) is 12.1 Å². The molecule has 0 saturated heterocycles. The average Bonchev–Trinajstić information content (AvgIpc) is 2.53. The van der Waals surface area contributed by atoms with Crippen molar-refractivity contribution in [1.29, 1.82) is 0 Å². The number of hydrogen-bond donors (Lipinski definition) is 1. The van der Waals surface area contributed by atoms with Crippen LogP contribution in [-0.4, -0.2) is 18.6 Å². The maximum atomic E-state index is 12.4. The van der Waals surface area contributed by atoms with Crippen LogP contribution in [0.15, 0.2) is 48.5 Å². The number of benzene rings is 2. The first-order valence-electron chi connectivity index (χ1n) is 7.56. The molecule has 22 heavy (non-hydrogen) atoms. The Hall–Kier alpha value is -2.49. The number of ether oxygens (including phenoxy) is 1. The van der Waals surface area contributed by atoms with Gasteiger partial charge in [0.1, 0.15) is 5.75 Å². The molecule has 4 nitrogen and oxygen atoms in total. The summed E-state index contributed by atoms with van der Waals surface area (Å²) in [5, 5.41) is 0. The Morgan fingerprint density at radius 1 is 1.18 bits per heavy atom. The van der Waals surface area contributed by atoms with Gasteiger partial charge in [-0.3, -0.25) is 4.79 Å². The summed E-state index contributed by atoms with van der Waals surface area (Å²) in [6.07, 6.45) is 1.39. The van der Waals surface area contributed by atoms with Crippen LogP contribution >= 0.6 is 0 Å². The third kappa shape index (κ3) is 2.91. The summed E-state index contributed by atoms with van der Waals surface area (Å²) in [5.74, 6) is 0.715. The summed E-state index contributed by atoms with van der Waals surface area (Å²) in [5.41, 5.74) is 8.54. The fraction of sp³-hybridized carbons (Fsp3) is 0.278. The van der Waals surface area contributed by atoms with E-state index in [1.165, 1.54) is 5.56 Å². The van der Waals surface area contributed by atoms with Crippen molar-refractivity contribution in [2.75, 3.05) is 17.2 Å².